The van der Waals surface area contributed by atoms with Crippen molar-refractivity contribution in [1.82, 2.24) is 9.55 Å². The van der Waals surface area contributed by atoms with Crippen LogP contribution in [-0.2, 0) is 23.9 Å². The molecule has 186 valence electrons. The monoisotopic (exact) mass is 501 g/mol. The van der Waals surface area contributed by atoms with E-state index in [0.717, 1.165) is 34.4 Å². The molecule has 0 atom stereocenters. The van der Waals surface area contributed by atoms with Crippen LogP contribution < -0.4 is 0 Å². The Morgan fingerprint density at radius 1 is 0.973 bits per heavy atom. The standard InChI is InChI=1S/C29H22F3N3O2/c1-17-15-35(16-34-17)25-12-22(11-24(13-25)29(30,31)32)27(37)9-19-3-5-20(6-4-19)21-7-8-26-23(10-21)14-33-28(26)18(2)36/h3-8,10-13,15-16H,9,14H2,1-2H3. The maximum absolute atomic E-state index is 13.5. The zero-order chi connectivity index (χ0) is 26.3. The summed E-state index contributed by atoms with van der Waals surface area (Å²) < 4.78 is 42.1. The van der Waals surface area contributed by atoms with Crippen molar-refractivity contribution in [2.24, 2.45) is 4.99 Å². The van der Waals surface area contributed by atoms with E-state index < -0.39 is 17.5 Å². The highest BCUT2D eigenvalue weighted by molar-refractivity contribution is 6.46. The van der Waals surface area contributed by atoms with Gasteiger partial charge in [-0.15, -0.1) is 0 Å². The van der Waals surface area contributed by atoms with E-state index in [1.54, 1.807) is 25.3 Å². The molecule has 0 amide bonds. The lowest BCUT2D eigenvalue weighted by molar-refractivity contribution is -0.137. The third-order valence-electron chi connectivity index (χ3n) is 6.33. The smallest absolute Gasteiger partial charge is 0.306 e. The summed E-state index contributed by atoms with van der Waals surface area (Å²) >= 11 is 0. The summed E-state index contributed by atoms with van der Waals surface area (Å²) in [4.78, 5) is 33.1. The Bertz CT molecular complexity index is 1560. The van der Waals surface area contributed by atoms with E-state index in [0.29, 0.717) is 23.5 Å². The minimum Gasteiger partial charge on any atom is -0.306 e. The van der Waals surface area contributed by atoms with Gasteiger partial charge in [-0.25, -0.2) is 4.98 Å². The number of aliphatic imine (C=N–C) groups is 1. The lowest BCUT2D eigenvalue weighted by Gasteiger charge is -2.13. The summed E-state index contributed by atoms with van der Waals surface area (Å²) in [5.74, 6) is -0.475. The van der Waals surface area contributed by atoms with E-state index in [2.05, 4.69) is 9.98 Å². The molecule has 1 aliphatic heterocycles. The van der Waals surface area contributed by atoms with Gasteiger partial charge in [0, 0.05) is 36.4 Å². The number of aromatic nitrogens is 2. The molecule has 1 aliphatic rings. The van der Waals surface area contributed by atoms with Gasteiger partial charge in [0.15, 0.2) is 11.6 Å². The Morgan fingerprint density at radius 2 is 1.70 bits per heavy atom. The molecular weight excluding hydrogens is 479 g/mol. The zero-order valence-electron chi connectivity index (χ0n) is 20.1. The van der Waals surface area contributed by atoms with Crippen LogP contribution in [0.3, 0.4) is 0 Å². The van der Waals surface area contributed by atoms with Crippen LogP contribution in [0.5, 0.6) is 0 Å². The van der Waals surface area contributed by atoms with Crippen LogP contribution in [0.1, 0.15) is 45.2 Å². The highest BCUT2D eigenvalue weighted by Crippen LogP contribution is 2.32. The van der Waals surface area contributed by atoms with E-state index in [9.17, 15) is 22.8 Å². The summed E-state index contributed by atoms with van der Waals surface area (Å²) in [6.45, 7) is 3.70. The van der Waals surface area contributed by atoms with Crippen molar-refractivity contribution in [2.45, 2.75) is 33.0 Å². The maximum Gasteiger partial charge on any atom is 0.416 e. The average Bonchev–Trinajstić information content (AvgIpc) is 3.49. The van der Waals surface area contributed by atoms with E-state index in [4.69, 9.17) is 0 Å². The number of rotatable bonds is 6. The number of ketones is 2. The molecule has 1 aromatic heterocycles. The SMILES string of the molecule is CC(=O)C1=NCc2cc(-c3ccc(CC(=O)c4cc(-n5cnc(C)c5)cc(C(F)(F)F)c4)cc3)ccc21. The third kappa shape index (κ3) is 5.00. The molecule has 37 heavy (non-hydrogen) atoms. The molecule has 0 unspecified atom stereocenters. The first kappa shape index (κ1) is 24.4. The molecule has 5 rings (SSSR count). The van der Waals surface area contributed by atoms with E-state index in [1.165, 1.54) is 23.9 Å². The van der Waals surface area contributed by atoms with Crippen molar-refractivity contribution in [3.63, 3.8) is 0 Å². The summed E-state index contributed by atoms with van der Waals surface area (Å²) in [6.07, 6.45) is -1.60. The quantitative estimate of drug-likeness (QED) is 0.296. The van der Waals surface area contributed by atoms with Gasteiger partial charge in [0.25, 0.3) is 0 Å². The van der Waals surface area contributed by atoms with Crippen LogP contribution in [-0.4, -0.2) is 26.8 Å². The number of alkyl halides is 3. The Balaban J connectivity index is 1.37. The molecule has 0 saturated carbocycles. The van der Waals surface area contributed by atoms with Crippen molar-refractivity contribution < 1.29 is 22.8 Å². The Labute approximate surface area is 211 Å². The van der Waals surface area contributed by atoms with Crippen molar-refractivity contribution >= 4 is 17.3 Å². The molecule has 0 fully saturated rings. The lowest BCUT2D eigenvalue weighted by Crippen LogP contribution is -2.11. The topological polar surface area (TPSA) is 64.3 Å². The number of aryl methyl sites for hydroxylation is 1. The van der Waals surface area contributed by atoms with Gasteiger partial charge in [-0.3, -0.25) is 14.6 Å². The van der Waals surface area contributed by atoms with E-state index in [1.807, 2.05) is 30.3 Å². The molecule has 0 bridgehead atoms. The van der Waals surface area contributed by atoms with Gasteiger partial charge in [-0.05, 0) is 53.4 Å². The van der Waals surface area contributed by atoms with E-state index in [-0.39, 0.29) is 23.5 Å². The molecule has 0 N–H and O–H groups in total. The van der Waals surface area contributed by atoms with Gasteiger partial charge in [0.2, 0.25) is 0 Å². The second-order valence-corrected chi connectivity index (χ2v) is 9.08. The number of hydrogen-bond acceptors (Lipinski definition) is 4. The number of carbonyl (C=O) groups is 2. The number of halogens is 3. The fraction of sp³-hybridized carbons (Fsp3) is 0.172. The highest BCUT2D eigenvalue weighted by atomic mass is 19.4. The second-order valence-electron chi connectivity index (χ2n) is 9.08. The van der Waals surface area contributed by atoms with Crippen LogP contribution >= 0.6 is 0 Å². The molecule has 5 nitrogen and oxygen atoms in total. The number of nitrogens with zero attached hydrogens (tertiary/aromatic N) is 3. The van der Waals surface area contributed by atoms with Gasteiger partial charge in [0.05, 0.1) is 24.1 Å². The molecule has 8 heteroatoms. The maximum atomic E-state index is 13.5. The first-order valence-corrected chi connectivity index (χ1v) is 11.6. The summed E-state index contributed by atoms with van der Waals surface area (Å²) in [7, 11) is 0. The van der Waals surface area contributed by atoms with Crippen LogP contribution in [0.25, 0.3) is 16.8 Å². The fourth-order valence-corrected chi connectivity index (χ4v) is 4.44. The Kier molecular flexibility index (Phi) is 6.11. The first-order valence-electron chi connectivity index (χ1n) is 11.6. The van der Waals surface area contributed by atoms with Crippen molar-refractivity contribution in [1.29, 1.82) is 0 Å². The summed E-state index contributed by atoms with van der Waals surface area (Å²) in [5.41, 5.74) is 4.87. The molecule has 0 spiro atoms. The van der Waals surface area contributed by atoms with Crippen molar-refractivity contribution in [2.75, 3.05) is 0 Å². The third-order valence-corrected chi connectivity index (χ3v) is 6.33. The molecule has 4 aromatic rings. The zero-order valence-corrected chi connectivity index (χ0v) is 20.1. The number of Topliss-reactive ketones (excluding diaryl/α,β-unsaturated/α-hetero) is 2. The van der Waals surface area contributed by atoms with E-state index >= 15 is 0 Å². The van der Waals surface area contributed by atoms with Crippen LogP contribution in [0.4, 0.5) is 13.2 Å². The fourth-order valence-electron chi connectivity index (χ4n) is 4.44. The second kappa shape index (κ2) is 9.28. The molecular formula is C29H22F3N3O2. The van der Waals surface area contributed by atoms with Gasteiger partial charge in [0.1, 0.15) is 5.71 Å². The van der Waals surface area contributed by atoms with Gasteiger partial charge >= 0.3 is 6.18 Å². The lowest BCUT2D eigenvalue weighted by atomic mass is 9.95. The minimum atomic E-state index is -4.59. The van der Waals surface area contributed by atoms with Crippen molar-refractivity contribution in [3.8, 4) is 16.8 Å². The number of hydrogen-bond donors (Lipinski definition) is 0. The normalized spacial score (nSPS) is 12.8. The van der Waals surface area contributed by atoms with Crippen LogP contribution in [0, 0.1) is 6.92 Å². The molecule has 3 aromatic carbocycles. The molecule has 0 aliphatic carbocycles. The van der Waals surface area contributed by atoms with Crippen LogP contribution in [0.2, 0.25) is 0 Å². The largest absolute Gasteiger partial charge is 0.416 e. The highest BCUT2D eigenvalue weighted by Gasteiger charge is 2.32. The minimum absolute atomic E-state index is 0.0137. The average molecular weight is 502 g/mol. The van der Waals surface area contributed by atoms with Gasteiger partial charge in [-0.2, -0.15) is 13.2 Å². The Morgan fingerprint density at radius 3 is 2.35 bits per heavy atom. The Hall–Kier alpha value is -4.33. The number of carbonyl (C=O) groups excluding carboxylic acids is 2. The predicted molar refractivity (Wildman–Crippen MR) is 134 cm³/mol. The van der Waals surface area contributed by atoms with Gasteiger partial charge < -0.3 is 4.57 Å². The molecule has 0 radical (unpaired) electrons. The summed E-state index contributed by atoms with van der Waals surface area (Å²) in [5, 5.41) is 0. The van der Waals surface area contributed by atoms with Crippen molar-refractivity contribution in [3.05, 3.63) is 107 Å². The number of imidazole rings is 1. The molecule has 2 heterocycles. The van der Waals surface area contributed by atoms with Crippen LogP contribution in [0.15, 0.2) is 78.2 Å². The number of benzene rings is 3. The molecule has 0 saturated heterocycles. The van der Waals surface area contributed by atoms with Gasteiger partial charge in [-0.1, -0.05) is 36.4 Å². The number of fused-ring (bicyclic) bond motifs is 1. The summed E-state index contributed by atoms with van der Waals surface area (Å²) in [6, 6.07) is 16.5. The first-order chi connectivity index (χ1) is 17.6. The predicted octanol–water partition coefficient (Wildman–Crippen LogP) is 6.18.